The van der Waals surface area contributed by atoms with Gasteiger partial charge in [0.2, 0.25) is 0 Å². The summed E-state index contributed by atoms with van der Waals surface area (Å²) in [4.78, 5) is 2.32. The molecule has 3 heterocycles. The van der Waals surface area contributed by atoms with Crippen molar-refractivity contribution >= 4 is 22.2 Å². The van der Waals surface area contributed by atoms with Crippen LogP contribution in [-0.2, 0) is 20.0 Å². The van der Waals surface area contributed by atoms with E-state index in [-0.39, 0.29) is 0 Å². The number of allylic oxidation sites excluding steroid dienone is 2. The molecule has 0 bridgehead atoms. The van der Waals surface area contributed by atoms with E-state index in [0.29, 0.717) is 0 Å². The predicted molar refractivity (Wildman–Crippen MR) is 109 cm³/mol. The molecule has 0 unspecified atom stereocenters. The smallest absolute Gasteiger partial charge is 0.0504 e. The van der Waals surface area contributed by atoms with E-state index in [1.54, 1.807) is 0 Å². The van der Waals surface area contributed by atoms with Crippen molar-refractivity contribution in [3.05, 3.63) is 83.7 Å². The van der Waals surface area contributed by atoms with Crippen LogP contribution < -0.4 is 10.2 Å². The van der Waals surface area contributed by atoms with Gasteiger partial charge in [0.05, 0.1) is 5.52 Å². The van der Waals surface area contributed by atoms with E-state index in [0.717, 1.165) is 26.1 Å². The Morgan fingerprint density at radius 2 is 1.92 bits per heavy atom. The Bertz CT molecular complexity index is 1020. The monoisotopic (exact) mass is 341 g/mol. The van der Waals surface area contributed by atoms with Crippen molar-refractivity contribution in [3.63, 3.8) is 0 Å². The van der Waals surface area contributed by atoms with E-state index < -0.39 is 0 Å². The first-order chi connectivity index (χ1) is 12.8. The van der Waals surface area contributed by atoms with E-state index in [4.69, 9.17) is 0 Å². The highest BCUT2D eigenvalue weighted by Gasteiger charge is 2.19. The Labute approximate surface area is 154 Å². The molecular formula is C23H23N3. The lowest BCUT2D eigenvalue weighted by Gasteiger charge is -2.23. The minimum Gasteiger partial charge on any atom is -0.347 e. The molecule has 2 aromatic carbocycles. The third-order valence-corrected chi connectivity index (χ3v) is 5.64. The maximum absolute atomic E-state index is 3.50. The number of rotatable bonds is 2. The maximum atomic E-state index is 3.50. The number of anilines is 1. The number of hydrogen-bond donors (Lipinski definition) is 1. The van der Waals surface area contributed by atoms with Gasteiger partial charge >= 0.3 is 0 Å². The highest BCUT2D eigenvalue weighted by atomic mass is 15.1. The Kier molecular flexibility index (Phi) is 3.68. The van der Waals surface area contributed by atoms with Gasteiger partial charge < -0.3 is 14.8 Å². The zero-order valence-electron chi connectivity index (χ0n) is 15.1. The van der Waals surface area contributed by atoms with Crippen molar-refractivity contribution < 1.29 is 0 Å². The van der Waals surface area contributed by atoms with Crippen molar-refractivity contribution in [3.8, 4) is 0 Å². The lowest BCUT2D eigenvalue weighted by atomic mass is 10.0. The van der Waals surface area contributed by atoms with Crippen LogP contribution in [-0.4, -0.2) is 17.7 Å². The summed E-state index contributed by atoms with van der Waals surface area (Å²) in [5, 5.41) is 4.89. The van der Waals surface area contributed by atoms with Gasteiger partial charge in [-0.1, -0.05) is 42.5 Å². The van der Waals surface area contributed by atoms with Crippen LogP contribution in [0.5, 0.6) is 0 Å². The molecule has 3 heteroatoms. The molecule has 0 spiro atoms. The van der Waals surface area contributed by atoms with Crippen LogP contribution in [0.25, 0.3) is 16.5 Å². The zero-order chi connectivity index (χ0) is 17.5. The molecule has 0 fully saturated rings. The molecule has 1 aromatic heterocycles. The number of fused-ring (bicyclic) bond motifs is 3. The van der Waals surface area contributed by atoms with Crippen LogP contribution in [0.1, 0.15) is 16.8 Å². The topological polar surface area (TPSA) is 20.2 Å². The zero-order valence-corrected chi connectivity index (χ0v) is 15.1. The van der Waals surface area contributed by atoms with E-state index >= 15 is 0 Å². The summed E-state index contributed by atoms with van der Waals surface area (Å²) in [5.74, 6) is 0. The van der Waals surface area contributed by atoms with Gasteiger partial charge in [-0.25, -0.2) is 0 Å². The molecule has 0 radical (unpaired) electrons. The van der Waals surface area contributed by atoms with Gasteiger partial charge in [-0.2, -0.15) is 0 Å². The third-order valence-electron chi connectivity index (χ3n) is 5.64. The molecule has 130 valence electrons. The van der Waals surface area contributed by atoms with Crippen LogP contribution in [0.2, 0.25) is 0 Å². The van der Waals surface area contributed by atoms with E-state index in [2.05, 4.69) is 88.7 Å². The van der Waals surface area contributed by atoms with Crippen LogP contribution in [0.3, 0.4) is 0 Å². The molecule has 0 aliphatic carbocycles. The minimum atomic E-state index is 0.901. The summed E-state index contributed by atoms with van der Waals surface area (Å²) < 4.78 is 2.38. The standard InChI is InChI=1S/C23H23N3/c1-25-22-9-12-24-16-21(22)20-8-7-19(15-23(20)25)26-13-10-18(11-14-26)17-5-3-2-4-6-17/h2-8,10-11,13,15,24H,9,12,14,16H2,1H3. The molecule has 0 amide bonds. The first-order valence-corrected chi connectivity index (χ1v) is 9.32. The maximum Gasteiger partial charge on any atom is 0.0504 e. The van der Waals surface area contributed by atoms with Gasteiger partial charge in [0.25, 0.3) is 0 Å². The molecule has 0 atom stereocenters. The molecule has 1 N–H and O–H groups in total. The molecule has 0 saturated heterocycles. The third kappa shape index (κ3) is 2.47. The number of aryl methyl sites for hydroxylation is 1. The summed E-state index contributed by atoms with van der Waals surface area (Å²) >= 11 is 0. The summed E-state index contributed by atoms with van der Waals surface area (Å²) in [5.41, 5.74) is 8.12. The van der Waals surface area contributed by atoms with Crippen LogP contribution >= 0.6 is 0 Å². The van der Waals surface area contributed by atoms with Crippen molar-refractivity contribution in [1.29, 1.82) is 0 Å². The lowest BCUT2D eigenvalue weighted by molar-refractivity contribution is 0.622. The highest BCUT2D eigenvalue weighted by Crippen LogP contribution is 2.32. The van der Waals surface area contributed by atoms with Crippen LogP contribution in [0.15, 0.2) is 66.9 Å². The Balaban J connectivity index is 1.47. The molecule has 3 nitrogen and oxygen atoms in total. The molecule has 26 heavy (non-hydrogen) atoms. The summed E-state index contributed by atoms with van der Waals surface area (Å²) in [7, 11) is 2.20. The van der Waals surface area contributed by atoms with Gasteiger partial charge in [0.1, 0.15) is 0 Å². The van der Waals surface area contributed by atoms with E-state index in [1.807, 2.05) is 0 Å². The number of nitrogens with one attached hydrogen (secondary N) is 1. The second kappa shape index (κ2) is 6.19. The highest BCUT2D eigenvalue weighted by molar-refractivity contribution is 5.89. The summed E-state index contributed by atoms with van der Waals surface area (Å²) in [6.45, 7) is 2.96. The second-order valence-corrected chi connectivity index (χ2v) is 7.11. The largest absolute Gasteiger partial charge is 0.347 e. The first-order valence-electron chi connectivity index (χ1n) is 9.32. The Hall–Kier alpha value is -2.78. The Morgan fingerprint density at radius 1 is 1.04 bits per heavy atom. The lowest BCUT2D eigenvalue weighted by Crippen LogP contribution is -2.24. The van der Waals surface area contributed by atoms with E-state index in [1.165, 1.54) is 39.0 Å². The molecule has 3 aromatic rings. The van der Waals surface area contributed by atoms with Crippen molar-refractivity contribution in [2.75, 3.05) is 18.0 Å². The molecular weight excluding hydrogens is 318 g/mol. The fraction of sp³-hybridized carbons (Fsp3) is 0.217. The minimum absolute atomic E-state index is 0.901. The number of benzene rings is 2. The number of hydrogen-bond acceptors (Lipinski definition) is 2. The van der Waals surface area contributed by atoms with Crippen molar-refractivity contribution in [2.45, 2.75) is 13.0 Å². The first kappa shape index (κ1) is 15.5. The quantitative estimate of drug-likeness (QED) is 0.752. The fourth-order valence-electron chi connectivity index (χ4n) is 4.20. The van der Waals surface area contributed by atoms with Crippen LogP contribution in [0, 0.1) is 0 Å². The molecule has 2 aliphatic heterocycles. The second-order valence-electron chi connectivity index (χ2n) is 7.11. The van der Waals surface area contributed by atoms with Crippen molar-refractivity contribution in [1.82, 2.24) is 9.88 Å². The van der Waals surface area contributed by atoms with Gasteiger partial charge in [0.15, 0.2) is 0 Å². The van der Waals surface area contributed by atoms with Gasteiger partial charge in [-0.15, -0.1) is 0 Å². The summed E-state index contributed by atoms with van der Waals surface area (Å²) in [6.07, 6.45) is 7.83. The molecule has 5 rings (SSSR count). The SMILES string of the molecule is Cn1c2c(c3ccc(N4C=CC(c5ccccc5)=CC4)cc31)CNCC2. The average Bonchev–Trinajstić information content (AvgIpc) is 3.01. The van der Waals surface area contributed by atoms with Crippen molar-refractivity contribution in [2.24, 2.45) is 7.05 Å². The fourth-order valence-corrected chi connectivity index (χ4v) is 4.20. The normalized spacial score (nSPS) is 16.7. The number of nitrogens with zero attached hydrogens (tertiary/aromatic N) is 2. The van der Waals surface area contributed by atoms with E-state index in [9.17, 15) is 0 Å². The number of aromatic nitrogens is 1. The predicted octanol–water partition coefficient (Wildman–Crippen LogP) is 4.24. The summed E-state index contributed by atoms with van der Waals surface area (Å²) in [6, 6.07) is 17.5. The van der Waals surface area contributed by atoms with Crippen LogP contribution in [0.4, 0.5) is 5.69 Å². The Morgan fingerprint density at radius 3 is 2.73 bits per heavy atom. The molecule has 2 aliphatic rings. The molecule has 0 saturated carbocycles. The van der Waals surface area contributed by atoms with Gasteiger partial charge in [-0.3, -0.25) is 0 Å². The van der Waals surface area contributed by atoms with Gasteiger partial charge in [-0.05, 0) is 34.9 Å². The van der Waals surface area contributed by atoms with Gasteiger partial charge in [0, 0.05) is 56.1 Å². The average molecular weight is 341 g/mol.